The molecule has 7 heteroatoms. The summed E-state index contributed by atoms with van der Waals surface area (Å²) in [5.41, 5.74) is 1.81. The first-order chi connectivity index (χ1) is 14.0. The molecule has 0 saturated carbocycles. The van der Waals surface area contributed by atoms with Crippen molar-refractivity contribution in [2.75, 3.05) is 26.2 Å². The van der Waals surface area contributed by atoms with Crippen LogP contribution in [0, 0.1) is 11.6 Å². The molecular formula is C23H29ClF2N2O2. The molecule has 0 aromatic heterocycles. The van der Waals surface area contributed by atoms with E-state index in [1.807, 2.05) is 0 Å². The van der Waals surface area contributed by atoms with Crippen LogP contribution in [0.4, 0.5) is 8.78 Å². The molecule has 1 heterocycles. The minimum Gasteiger partial charge on any atom is -0.395 e. The molecule has 0 radical (unpaired) electrons. The van der Waals surface area contributed by atoms with Crippen molar-refractivity contribution < 1.29 is 18.7 Å². The normalized spacial score (nSPS) is 15.1. The van der Waals surface area contributed by atoms with E-state index in [-0.39, 0.29) is 48.5 Å². The van der Waals surface area contributed by atoms with Gasteiger partial charge in [0.1, 0.15) is 11.6 Å². The number of carbonyl (C=O) groups excluding carboxylic acids is 1. The summed E-state index contributed by atoms with van der Waals surface area (Å²) < 4.78 is 26.6. The number of hydrogen-bond donors (Lipinski definition) is 2. The molecule has 0 atom stereocenters. The Morgan fingerprint density at radius 1 is 1.00 bits per heavy atom. The highest BCUT2D eigenvalue weighted by molar-refractivity contribution is 5.85. The maximum absolute atomic E-state index is 13.3. The fourth-order valence-corrected chi connectivity index (χ4v) is 3.93. The van der Waals surface area contributed by atoms with Crippen LogP contribution in [-0.4, -0.2) is 48.2 Å². The lowest BCUT2D eigenvalue weighted by Gasteiger charge is -2.32. The van der Waals surface area contributed by atoms with E-state index in [1.54, 1.807) is 24.3 Å². The Balaban J connectivity index is 0.00000320. The number of likely N-dealkylation sites (tertiary alicyclic amines) is 1. The molecule has 3 rings (SSSR count). The van der Waals surface area contributed by atoms with Crippen molar-refractivity contribution in [2.45, 2.75) is 37.6 Å². The fraction of sp³-hybridized carbons (Fsp3) is 0.435. The smallest absolute Gasteiger partial charge is 0.220 e. The highest BCUT2D eigenvalue weighted by Gasteiger charge is 2.21. The number of β-amino-alcohol motifs (C(OH)–C–C–N with tert-alkyl or cyclic N) is 1. The summed E-state index contributed by atoms with van der Waals surface area (Å²) in [5.74, 6) is -0.720. The lowest BCUT2D eigenvalue weighted by molar-refractivity contribution is -0.122. The topological polar surface area (TPSA) is 52.6 Å². The van der Waals surface area contributed by atoms with E-state index in [0.717, 1.165) is 37.1 Å². The Morgan fingerprint density at radius 2 is 1.50 bits per heavy atom. The summed E-state index contributed by atoms with van der Waals surface area (Å²) in [4.78, 5) is 14.7. The zero-order chi connectivity index (χ0) is 20.6. The summed E-state index contributed by atoms with van der Waals surface area (Å²) in [6.45, 7) is 2.58. The van der Waals surface area contributed by atoms with Gasteiger partial charge in [0, 0.05) is 38.0 Å². The quantitative estimate of drug-likeness (QED) is 0.657. The van der Waals surface area contributed by atoms with Crippen LogP contribution in [0.5, 0.6) is 0 Å². The Bertz CT molecular complexity index is 733. The van der Waals surface area contributed by atoms with Crippen LogP contribution in [-0.2, 0) is 4.79 Å². The predicted octanol–water partition coefficient (Wildman–Crippen LogP) is 3.87. The standard InChI is InChI=1S/C23H28F2N2O2.ClH/c24-19-5-1-17(2-6-19)22(18-3-7-20(25)8-4-18)9-10-23(29)26-21-11-13-27(14-12-21)15-16-28;/h1-8,21-22,28H,9-16H2,(H,26,29);1H. The van der Waals surface area contributed by atoms with Crippen LogP contribution >= 0.6 is 12.4 Å². The van der Waals surface area contributed by atoms with E-state index in [2.05, 4.69) is 10.2 Å². The molecule has 1 amide bonds. The van der Waals surface area contributed by atoms with Crippen LogP contribution in [0.3, 0.4) is 0 Å². The van der Waals surface area contributed by atoms with Gasteiger partial charge in [-0.3, -0.25) is 4.79 Å². The van der Waals surface area contributed by atoms with Gasteiger partial charge in [-0.25, -0.2) is 8.78 Å². The molecule has 0 unspecified atom stereocenters. The number of piperidine rings is 1. The molecule has 2 aromatic rings. The first-order valence-corrected chi connectivity index (χ1v) is 10.2. The molecule has 0 aliphatic carbocycles. The average Bonchev–Trinajstić information content (AvgIpc) is 2.72. The van der Waals surface area contributed by atoms with Gasteiger partial charge in [0.2, 0.25) is 5.91 Å². The highest BCUT2D eigenvalue weighted by Crippen LogP contribution is 2.29. The van der Waals surface area contributed by atoms with Gasteiger partial charge in [-0.2, -0.15) is 0 Å². The van der Waals surface area contributed by atoms with Gasteiger partial charge in [-0.1, -0.05) is 24.3 Å². The minimum atomic E-state index is -0.308. The van der Waals surface area contributed by atoms with Crippen molar-refractivity contribution in [2.24, 2.45) is 0 Å². The van der Waals surface area contributed by atoms with Crippen LogP contribution < -0.4 is 5.32 Å². The van der Waals surface area contributed by atoms with E-state index in [0.29, 0.717) is 19.4 Å². The maximum atomic E-state index is 13.3. The molecule has 1 aliphatic heterocycles. The van der Waals surface area contributed by atoms with Gasteiger partial charge in [-0.15, -0.1) is 12.4 Å². The summed E-state index contributed by atoms with van der Waals surface area (Å²) in [6.07, 6.45) is 2.67. The summed E-state index contributed by atoms with van der Waals surface area (Å²) in [7, 11) is 0. The molecule has 0 spiro atoms. The number of aliphatic hydroxyl groups excluding tert-OH is 1. The Labute approximate surface area is 182 Å². The number of nitrogens with one attached hydrogen (secondary N) is 1. The maximum Gasteiger partial charge on any atom is 0.220 e. The zero-order valence-electron chi connectivity index (χ0n) is 16.9. The van der Waals surface area contributed by atoms with Crippen LogP contribution in [0.2, 0.25) is 0 Å². The molecule has 164 valence electrons. The largest absolute Gasteiger partial charge is 0.395 e. The first kappa shape index (κ1) is 24.3. The number of rotatable bonds is 8. The second kappa shape index (κ2) is 12.0. The Morgan fingerprint density at radius 3 is 1.97 bits per heavy atom. The minimum absolute atomic E-state index is 0. The SMILES string of the molecule is Cl.O=C(CCC(c1ccc(F)cc1)c1ccc(F)cc1)NC1CCN(CCO)CC1. The number of halogens is 3. The van der Waals surface area contributed by atoms with E-state index in [1.165, 1.54) is 24.3 Å². The third-order valence-electron chi connectivity index (χ3n) is 5.57. The summed E-state index contributed by atoms with van der Waals surface area (Å²) in [6, 6.07) is 12.7. The monoisotopic (exact) mass is 438 g/mol. The van der Waals surface area contributed by atoms with Gasteiger partial charge >= 0.3 is 0 Å². The van der Waals surface area contributed by atoms with Crippen molar-refractivity contribution >= 4 is 18.3 Å². The van der Waals surface area contributed by atoms with Gasteiger partial charge in [-0.05, 0) is 54.7 Å². The molecule has 4 nitrogen and oxygen atoms in total. The molecular weight excluding hydrogens is 410 g/mol. The average molecular weight is 439 g/mol. The molecule has 1 fully saturated rings. The van der Waals surface area contributed by atoms with Crippen molar-refractivity contribution in [1.82, 2.24) is 10.2 Å². The molecule has 2 N–H and O–H groups in total. The first-order valence-electron chi connectivity index (χ1n) is 10.2. The van der Waals surface area contributed by atoms with Gasteiger partial charge < -0.3 is 15.3 Å². The second-order valence-electron chi connectivity index (χ2n) is 7.60. The molecule has 30 heavy (non-hydrogen) atoms. The number of hydrogen-bond acceptors (Lipinski definition) is 3. The van der Waals surface area contributed by atoms with Crippen LogP contribution in [0.1, 0.15) is 42.7 Å². The van der Waals surface area contributed by atoms with E-state index >= 15 is 0 Å². The third kappa shape index (κ3) is 7.04. The molecule has 0 bridgehead atoms. The van der Waals surface area contributed by atoms with E-state index < -0.39 is 0 Å². The van der Waals surface area contributed by atoms with Crippen LogP contribution in [0.15, 0.2) is 48.5 Å². The van der Waals surface area contributed by atoms with Gasteiger partial charge in [0.05, 0.1) is 6.61 Å². The summed E-state index contributed by atoms with van der Waals surface area (Å²) >= 11 is 0. The lowest BCUT2D eigenvalue weighted by atomic mass is 9.87. The number of carbonyl (C=O) groups is 1. The predicted molar refractivity (Wildman–Crippen MR) is 116 cm³/mol. The number of aliphatic hydroxyl groups is 1. The Hall–Kier alpha value is -2.02. The van der Waals surface area contributed by atoms with E-state index in [4.69, 9.17) is 5.11 Å². The van der Waals surface area contributed by atoms with Crippen molar-refractivity contribution in [3.63, 3.8) is 0 Å². The Kier molecular flexibility index (Phi) is 9.69. The number of amides is 1. The number of benzene rings is 2. The third-order valence-corrected chi connectivity index (χ3v) is 5.57. The van der Waals surface area contributed by atoms with Crippen molar-refractivity contribution in [1.29, 1.82) is 0 Å². The van der Waals surface area contributed by atoms with Gasteiger partial charge in [0.25, 0.3) is 0 Å². The molecule has 2 aromatic carbocycles. The van der Waals surface area contributed by atoms with Crippen molar-refractivity contribution in [3.05, 3.63) is 71.3 Å². The van der Waals surface area contributed by atoms with E-state index in [9.17, 15) is 13.6 Å². The lowest BCUT2D eigenvalue weighted by Crippen LogP contribution is -2.45. The van der Waals surface area contributed by atoms with Crippen molar-refractivity contribution in [3.8, 4) is 0 Å². The fourth-order valence-electron chi connectivity index (χ4n) is 3.93. The summed E-state index contributed by atoms with van der Waals surface area (Å²) in [5, 5.41) is 12.1. The number of nitrogens with zero attached hydrogens (tertiary/aromatic N) is 1. The van der Waals surface area contributed by atoms with Gasteiger partial charge in [0.15, 0.2) is 0 Å². The molecule has 1 aliphatic rings. The molecule has 1 saturated heterocycles. The zero-order valence-corrected chi connectivity index (χ0v) is 17.7. The van der Waals surface area contributed by atoms with Crippen LogP contribution in [0.25, 0.3) is 0 Å². The second-order valence-corrected chi connectivity index (χ2v) is 7.60. The highest BCUT2D eigenvalue weighted by atomic mass is 35.5.